The van der Waals surface area contributed by atoms with Crippen LogP contribution in [0.15, 0.2) is 41.7 Å². The Labute approximate surface area is 132 Å². The highest BCUT2D eigenvalue weighted by Gasteiger charge is 2.09. The van der Waals surface area contributed by atoms with Crippen LogP contribution in [0.4, 0.5) is 0 Å². The number of aryl methyl sites for hydroxylation is 1. The van der Waals surface area contributed by atoms with E-state index in [0.717, 1.165) is 6.42 Å². The van der Waals surface area contributed by atoms with E-state index in [-0.39, 0.29) is 18.5 Å². The minimum Gasteiger partial charge on any atom is -0.493 e. The van der Waals surface area contributed by atoms with Crippen molar-refractivity contribution in [2.45, 2.75) is 19.3 Å². The molecule has 0 atom stereocenters. The van der Waals surface area contributed by atoms with Crippen molar-refractivity contribution >= 4 is 5.97 Å². The fraction of sp³-hybridized carbons (Fsp3) is 0.250. The van der Waals surface area contributed by atoms with Crippen molar-refractivity contribution in [3.8, 4) is 17.1 Å². The van der Waals surface area contributed by atoms with Gasteiger partial charge in [0.2, 0.25) is 0 Å². The Bertz CT molecular complexity index is 755. The van der Waals surface area contributed by atoms with Crippen molar-refractivity contribution in [2.75, 3.05) is 6.61 Å². The number of carboxylic acids is 1. The number of H-pyrrole nitrogens is 1. The molecule has 7 heteroatoms. The maximum absolute atomic E-state index is 11.9. The molecule has 0 aliphatic carbocycles. The predicted molar refractivity (Wildman–Crippen MR) is 84.4 cm³/mol. The number of carbonyl (C=O) groups is 1. The van der Waals surface area contributed by atoms with Gasteiger partial charge in [0.15, 0.2) is 5.82 Å². The number of hydrogen-bond donors (Lipinski definition) is 2. The molecule has 1 heterocycles. The van der Waals surface area contributed by atoms with E-state index in [1.165, 1.54) is 0 Å². The Morgan fingerprint density at radius 3 is 2.91 bits per heavy atom. The number of nitrogens with one attached hydrogen (secondary N) is 1. The number of benzene rings is 1. The molecule has 0 saturated carbocycles. The molecular formula is C16H17N3O4. The van der Waals surface area contributed by atoms with Crippen molar-refractivity contribution in [1.29, 1.82) is 0 Å². The van der Waals surface area contributed by atoms with Gasteiger partial charge in [0, 0.05) is 12.0 Å². The van der Waals surface area contributed by atoms with Crippen LogP contribution < -0.4 is 10.3 Å². The van der Waals surface area contributed by atoms with E-state index >= 15 is 0 Å². The number of rotatable bonds is 8. The number of ether oxygens (including phenoxy) is 1. The van der Waals surface area contributed by atoms with Gasteiger partial charge >= 0.3 is 5.97 Å². The first kappa shape index (κ1) is 16.4. The number of hydrogen-bond acceptors (Lipinski definition) is 5. The van der Waals surface area contributed by atoms with E-state index in [1.807, 2.05) is 0 Å². The van der Waals surface area contributed by atoms with Gasteiger partial charge in [0.05, 0.1) is 13.0 Å². The third kappa shape index (κ3) is 4.77. The molecule has 0 saturated heterocycles. The van der Waals surface area contributed by atoms with Crippen LogP contribution in [0.3, 0.4) is 0 Å². The summed E-state index contributed by atoms with van der Waals surface area (Å²) in [6.45, 7) is 4.14. The van der Waals surface area contributed by atoms with Crippen molar-refractivity contribution < 1.29 is 14.6 Å². The van der Waals surface area contributed by atoms with E-state index in [1.54, 1.807) is 30.3 Å². The lowest BCUT2D eigenvalue weighted by atomic mass is 10.2. The maximum Gasteiger partial charge on any atom is 0.303 e. The van der Waals surface area contributed by atoms with Crippen LogP contribution in [0.1, 0.15) is 18.5 Å². The van der Waals surface area contributed by atoms with Gasteiger partial charge in [-0.3, -0.25) is 9.59 Å². The molecule has 0 bridgehead atoms. The van der Waals surface area contributed by atoms with E-state index in [2.05, 4.69) is 21.8 Å². The van der Waals surface area contributed by atoms with Gasteiger partial charge in [0.25, 0.3) is 5.56 Å². The number of carboxylic acid groups (broad SMARTS) is 1. The Kier molecular flexibility index (Phi) is 5.62. The first-order valence-corrected chi connectivity index (χ1v) is 7.12. The molecule has 0 amide bonds. The van der Waals surface area contributed by atoms with E-state index < -0.39 is 11.5 Å². The average Bonchev–Trinajstić information content (AvgIpc) is 2.54. The quantitative estimate of drug-likeness (QED) is 0.568. The number of nitrogens with zero attached hydrogens (tertiary/aromatic N) is 2. The molecule has 23 heavy (non-hydrogen) atoms. The number of aromatic nitrogens is 3. The van der Waals surface area contributed by atoms with Crippen LogP contribution >= 0.6 is 0 Å². The molecular weight excluding hydrogens is 298 g/mol. The van der Waals surface area contributed by atoms with Crippen molar-refractivity contribution in [3.05, 3.63) is 53.0 Å². The predicted octanol–water partition coefficient (Wildman–Crippen LogP) is 1.80. The van der Waals surface area contributed by atoms with E-state index in [0.29, 0.717) is 23.7 Å². The minimum absolute atomic E-state index is 0.0443. The summed E-state index contributed by atoms with van der Waals surface area (Å²) in [4.78, 5) is 25.1. The van der Waals surface area contributed by atoms with Crippen LogP contribution in [-0.2, 0) is 11.2 Å². The molecule has 0 aliphatic rings. The molecule has 0 radical (unpaired) electrons. The second-order valence-electron chi connectivity index (χ2n) is 4.80. The second kappa shape index (κ2) is 7.88. The zero-order valence-electron chi connectivity index (χ0n) is 12.5. The summed E-state index contributed by atoms with van der Waals surface area (Å²) in [5, 5.41) is 16.4. The van der Waals surface area contributed by atoms with Gasteiger partial charge in [-0.1, -0.05) is 18.2 Å². The lowest BCUT2D eigenvalue weighted by Gasteiger charge is -2.06. The molecule has 0 unspecified atom stereocenters. The summed E-state index contributed by atoms with van der Waals surface area (Å²) < 4.78 is 5.55. The van der Waals surface area contributed by atoms with Gasteiger partial charge in [0.1, 0.15) is 11.4 Å². The van der Waals surface area contributed by atoms with Gasteiger partial charge in [-0.15, -0.1) is 16.8 Å². The van der Waals surface area contributed by atoms with Crippen molar-refractivity contribution in [1.82, 2.24) is 15.2 Å². The monoisotopic (exact) mass is 315 g/mol. The second-order valence-corrected chi connectivity index (χ2v) is 4.80. The van der Waals surface area contributed by atoms with Crippen LogP contribution in [0.25, 0.3) is 11.4 Å². The molecule has 120 valence electrons. The van der Waals surface area contributed by atoms with Crippen LogP contribution in [0.5, 0.6) is 5.75 Å². The summed E-state index contributed by atoms with van der Waals surface area (Å²) in [6, 6.07) is 7.12. The largest absolute Gasteiger partial charge is 0.493 e. The summed E-state index contributed by atoms with van der Waals surface area (Å²) in [6.07, 6.45) is 2.38. The number of aromatic amines is 1. The Morgan fingerprint density at radius 2 is 2.22 bits per heavy atom. The summed E-state index contributed by atoms with van der Waals surface area (Å²) in [7, 11) is 0. The summed E-state index contributed by atoms with van der Waals surface area (Å²) in [5.41, 5.74) is 0.333. The SMILES string of the molecule is C=CCCOc1cccc(-c2nnc(CCC(=O)O)c(=O)[nH]2)c1. The molecule has 2 N–H and O–H groups in total. The van der Waals surface area contributed by atoms with Gasteiger partial charge in [-0.2, -0.15) is 0 Å². The normalized spacial score (nSPS) is 10.3. The molecule has 2 rings (SSSR count). The van der Waals surface area contributed by atoms with E-state index in [9.17, 15) is 9.59 Å². The summed E-state index contributed by atoms with van der Waals surface area (Å²) >= 11 is 0. The fourth-order valence-corrected chi connectivity index (χ4v) is 1.87. The smallest absolute Gasteiger partial charge is 0.303 e. The Balaban J connectivity index is 2.16. The van der Waals surface area contributed by atoms with Gasteiger partial charge in [-0.05, 0) is 18.6 Å². The van der Waals surface area contributed by atoms with Gasteiger partial charge in [-0.25, -0.2) is 0 Å². The molecule has 1 aromatic carbocycles. The van der Waals surface area contributed by atoms with Crippen LogP contribution in [0.2, 0.25) is 0 Å². The van der Waals surface area contributed by atoms with Crippen molar-refractivity contribution in [3.63, 3.8) is 0 Å². The zero-order chi connectivity index (χ0) is 16.7. The third-order valence-electron chi connectivity index (χ3n) is 3.04. The maximum atomic E-state index is 11.9. The molecule has 2 aromatic rings. The molecule has 0 spiro atoms. The third-order valence-corrected chi connectivity index (χ3v) is 3.04. The highest BCUT2D eigenvalue weighted by Crippen LogP contribution is 2.20. The van der Waals surface area contributed by atoms with E-state index in [4.69, 9.17) is 9.84 Å². The first-order chi connectivity index (χ1) is 11.1. The highest BCUT2D eigenvalue weighted by molar-refractivity contribution is 5.67. The van der Waals surface area contributed by atoms with Crippen molar-refractivity contribution in [2.24, 2.45) is 0 Å². The Morgan fingerprint density at radius 1 is 1.39 bits per heavy atom. The topological polar surface area (TPSA) is 105 Å². The minimum atomic E-state index is -0.986. The van der Waals surface area contributed by atoms with Crippen LogP contribution in [-0.4, -0.2) is 32.9 Å². The van der Waals surface area contributed by atoms with Crippen LogP contribution in [0, 0.1) is 0 Å². The van der Waals surface area contributed by atoms with Gasteiger partial charge < -0.3 is 14.8 Å². The standard InChI is InChI=1S/C16H17N3O4/c1-2-3-9-23-12-6-4-5-11(10-12)15-17-16(22)13(18-19-15)7-8-14(20)21/h2,4-6,10H,1,3,7-9H2,(H,20,21)(H,17,19,22). The molecule has 0 fully saturated rings. The molecule has 0 aliphatic heterocycles. The number of aliphatic carboxylic acids is 1. The summed E-state index contributed by atoms with van der Waals surface area (Å²) in [5.74, 6) is -0.0233. The average molecular weight is 315 g/mol. The first-order valence-electron chi connectivity index (χ1n) is 7.12. The lowest BCUT2D eigenvalue weighted by Crippen LogP contribution is -2.18. The fourth-order valence-electron chi connectivity index (χ4n) is 1.87. The molecule has 1 aromatic heterocycles. The Hall–Kier alpha value is -2.96. The lowest BCUT2D eigenvalue weighted by molar-refractivity contribution is -0.136. The highest BCUT2D eigenvalue weighted by atomic mass is 16.5. The zero-order valence-corrected chi connectivity index (χ0v) is 12.5. The molecule has 7 nitrogen and oxygen atoms in total.